The SMILES string of the molecule is O=C(Cn1c(CCCNC(=O)C2CCCCC2)nc2ccccc21)Nc1cccc(F)c1. The molecule has 1 aliphatic rings. The molecule has 0 aliphatic heterocycles. The summed E-state index contributed by atoms with van der Waals surface area (Å²) in [4.78, 5) is 29.7. The van der Waals surface area contributed by atoms with E-state index in [0.29, 0.717) is 18.7 Å². The Bertz CT molecular complexity index is 1090. The predicted octanol–water partition coefficient (Wildman–Crippen LogP) is 4.44. The van der Waals surface area contributed by atoms with Crippen molar-refractivity contribution in [3.8, 4) is 0 Å². The minimum Gasteiger partial charge on any atom is -0.356 e. The number of amides is 2. The van der Waals surface area contributed by atoms with Gasteiger partial charge in [0.05, 0.1) is 11.0 Å². The summed E-state index contributed by atoms with van der Waals surface area (Å²) in [6, 6.07) is 13.5. The summed E-state index contributed by atoms with van der Waals surface area (Å²) in [5.41, 5.74) is 2.13. The van der Waals surface area contributed by atoms with E-state index in [4.69, 9.17) is 4.98 Å². The zero-order valence-corrected chi connectivity index (χ0v) is 18.1. The monoisotopic (exact) mass is 436 g/mol. The minimum absolute atomic E-state index is 0.0841. The van der Waals surface area contributed by atoms with Gasteiger partial charge in [0.15, 0.2) is 0 Å². The second-order valence-corrected chi connectivity index (χ2v) is 8.39. The summed E-state index contributed by atoms with van der Waals surface area (Å²) in [6.07, 6.45) is 6.87. The Morgan fingerprint density at radius 2 is 1.88 bits per heavy atom. The fraction of sp³-hybridized carbons (Fsp3) is 0.400. The fourth-order valence-electron chi connectivity index (χ4n) is 4.37. The first-order chi connectivity index (χ1) is 15.6. The van der Waals surface area contributed by atoms with Gasteiger partial charge in [0.25, 0.3) is 0 Å². The number of aromatic nitrogens is 2. The number of nitrogens with zero attached hydrogens (tertiary/aromatic N) is 2. The van der Waals surface area contributed by atoms with Crippen LogP contribution in [0.1, 0.15) is 44.3 Å². The van der Waals surface area contributed by atoms with Crippen molar-refractivity contribution in [2.45, 2.75) is 51.5 Å². The second-order valence-electron chi connectivity index (χ2n) is 8.39. The van der Waals surface area contributed by atoms with Crippen LogP contribution < -0.4 is 10.6 Å². The number of rotatable bonds is 8. The van der Waals surface area contributed by atoms with Crippen molar-refractivity contribution in [3.63, 3.8) is 0 Å². The molecule has 7 heteroatoms. The van der Waals surface area contributed by atoms with Gasteiger partial charge in [-0.3, -0.25) is 9.59 Å². The fourth-order valence-corrected chi connectivity index (χ4v) is 4.37. The molecule has 0 atom stereocenters. The third-order valence-electron chi connectivity index (χ3n) is 6.00. The van der Waals surface area contributed by atoms with E-state index in [0.717, 1.165) is 49.0 Å². The molecule has 0 bridgehead atoms. The average molecular weight is 437 g/mol. The molecule has 0 radical (unpaired) electrons. The van der Waals surface area contributed by atoms with Gasteiger partial charge in [0, 0.05) is 24.6 Å². The van der Waals surface area contributed by atoms with Crippen LogP contribution in [0.4, 0.5) is 10.1 Å². The first-order valence-electron chi connectivity index (χ1n) is 11.4. The van der Waals surface area contributed by atoms with E-state index in [-0.39, 0.29) is 24.3 Å². The molecule has 168 valence electrons. The average Bonchev–Trinajstić information content (AvgIpc) is 3.14. The van der Waals surface area contributed by atoms with Crippen LogP contribution in [0.5, 0.6) is 0 Å². The van der Waals surface area contributed by atoms with Gasteiger partial charge in [-0.2, -0.15) is 0 Å². The van der Waals surface area contributed by atoms with E-state index in [9.17, 15) is 14.0 Å². The quantitative estimate of drug-likeness (QED) is 0.513. The molecule has 3 aromatic rings. The largest absolute Gasteiger partial charge is 0.356 e. The van der Waals surface area contributed by atoms with E-state index in [1.165, 1.54) is 18.6 Å². The van der Waals surface area contributed by atoms with Crippen LogP contribution in [-0.4, -0.2) is 27.9 Å². The van der Waals surface area contributed by atoms with Crippen LogP contribution in [0.3, 0.4) is 0 Å². The molecule has 1 aromatic heterocycles. The van der Waals surface area contributed by atoms with E-state index in [1.54, 1.807) is 12.1 Å². The molecule has 1 heterocycles. The summed E-state index contributed by atoms with van der Waals surface area (Å²) in [5.74, 6) is 0.470. The molecule has 4 rings (SSSR count). The number of carbonyl (C=O) groups excluding carboxylic acids is 2. The summed E-state index contributed by atoms with van der Waals surface area (Å²) >= 11 is 0. The smallest absolute Gasteiger partial charge is 0.244 e. The summed E-state index contributed by atoms with van der Waals surface area (Å²) in [5, 5.41) is 5.81. The molecule has 1 aliphatic carbocycles. The maximum atomic E-state index is 13.4. The number of hydrogen-bond acceptors (Lipinski definition) is 3. The number of fused-ring (bicyclic) bond motifs is 1. The Hall–Kier alpha value is -3.22. The zero-order chi connectivity index (χ0) is 22.3. The number of aryl methyl sites for hydroxylation is 1. The van der Waals surface area contributed by atoms with Gasteiger partial charge in [-0.25, -0.2) is 9.37 Å². The number of benzene rings is 2. The number of imidazole rings is 1. The number of nitrogens with one attached hydrogen (secondary N) is 2. The number of halogens is 1. The Kier molecular flexibility index (Phi) is 7.14. The lowest BCUT2D eigenvalue weighted by Gasteiger charge is -2.20. The molecule has 32 heavy (non-hydrogen) atoms. The van der Waals surface area contributed by atoms with Crippen LogP contribution in [0, 0.1) is 11.7 Å². The van der Waals surface area contributed by atoms with Crippen molar-refractivity contribution in [3.05, 3.63) is 60.2 Å². The molecule has 0 saturated heterocycles. The molecule has 0 spiro atoms. The highest BCUT2D eigenvalue weighted by molar-refractivity contribution is 5.91. The molecule has 1 saturated carbocycles. The Balaban J connectivity index is 1.38. The van der Waals surface area contributed by atoms with Crippen LogP contribution in [0.2, 0.25) is 0 Å². The van der Waals surface area contributed by atoms with E-state index in [2.05, 4.69) is 10.6 Å². The predicted molar refractivity (Wildman–Crippen MR) is 123 cm³/mol. The number of para-hydroxylation sites is 2. The van der Waals surface area contributed by atoms with Crippen LogP contribution in [-0.2, 0) is 22.6 Å². The highest BCUT2D eigenvalue weighted by atomic mass is 19.1. The summed E-state index contributed by atoms with van der Waals surface area (Å²) in [7, 11) is 0. The third-order valence-corrected chi connectivity index (χ3v) is 6.00. The standard InChI is InChI=1S/C25H29FN4O2/c26-19-10-6-11-20(16-19)28-24(31)17-30-22-13-5-4-12-21(22)29-23(30)14-7-15-27-25(32)18-8-2-1-3-9-18/h4-6,10-13,16,18H,1-3,7-9,14-15,17H2,(H,27,32)(H,28,31). The Labute approximate surface area is 187 Å². The molecule has 6 nitrogen and oxygen atoms in total. The van der Waals surface area contributed by atoms with Gasteiger partial charge in [-0.15, -0.1) is 0 Å². The van der Waals surface area contributed by atoms with Crippen LogP contribution in [0.25, 0.3) is 11.0 Å². The zero-order valence-electron chi connectivity index (χ0n) is 18.1. The molecule has 1 fully saturated rings. The molecule has 2 amide bonds. The minimum atomic E-state index is -0.396. The van der Waals surface area contributed by atoms with Crippen molar-refractivity contribution in [2.24, 2.45) is 5.92 Å². The lowest BCUT2D eigenvalue weighted by molar-refractivity contribution is -0.125. The first kappa shape index (κ1) is 22.0. The van der Waals surface area contributed by atoms with Crippen LogP contribution in [0.15, 0.2) is 48.5 Å². The molecule has 2 N–H and O–H groups in total. The first-order valence-corrected chi connectivity index (χ1v) is 11.4. The molecule has 0 unspecified atom stereocenters. The number of carbonyl (C=O) groups is 2. The van der Waals surface area contributed by atoms with Crippen molar-refractivity contribution < 1.29 is 14.0 Å². The number of anilines is 1. The lowest BCUT2D eigenvalue weighted by atomic mass is 9.89. The Morgan fingerprint density at radius 3 is 2.69 bits per heavy atom. The molecular weight excluding hydrogens is 407 g/mol. The molecular formula is C25H29FN4O2. The summed E-state index contributed by atoms with van der Waals surface area (Å²) in [6.45, 7) is 0.675. The van der Waals surface area contributed by atoms with Crippen molar-refractivity contribution in [1.82, 2.24) is 14.9 Å². The van der Waals surface area contributed by atoms with Crippen molar-refractivity contribution in [2.75, 3.05) is 11.9 Å². The van der Waals surface area contributed by atoms with Crippen molar-refractivity contribution >= 4 is 28.5 Å². The maximum absolute atomic E-state index is 13.4. The highest BCUT2D eigenvalue weighted by Crippen LogP contribution is 2.23. The number of hydrogen-bond donors (Lipinski definition) is 2. The van der Waals surface area contributed by atoms with Gasteiger partial charge < -0.3 is 15.2 Å². The van der Waals surface area contributed by atoms with Crippen LogP contribution >= 0.6 is 0 Å². The highest BCUT2D eigenvalue weighted by Gasteiger charge is 2.20. The lowest BCUT2D eigenvalue weighted by Crippen LogP contribution is -2.32. The van der Waals surface area contributed by atoms with E-state index < -0.39 is 5.82 Å². The van der Waals surface area contributed by atoms with Gasteiger partial charge in [-0.05, 0) is 49.6 Å². The van der Waals surface area contributed by atoms with Gasteiger partial charge in [0.1, 0.15) is 18.2 Å². The topological polar surface area (TPSA) is 76.0 Å². The maximum Gasteiger partial charge on any atom is 0.244 e. The van der Waals surface area contributed by atoms with Gasteiger partial charge in [0.2, 0.25) is 11.8 Å². The van der Waals surface area contributed by atoms with E-state index >= 15 is 0 Å². The van der Waals surface area contributed by atoms with E-state index in [1.807, 2.05) is 28.8 Å². The van der Waals surface area contributed by atoms with Crippen molar-refractivity contribution in [1.29, 1.82) is 0 Å². The van der Waals surface area contributed by atoms with Gasteiger partial charge >= 0.3 is 0 Å². The summed E-state index contributed by atoms with van der Waals surface area (Å²) < 4.78 is 15.3. The normalized spacial score (nSPS) is 14.4. The second kappa shape index (κ2) is 10.4. The van der Waals surface area contributed by atoms with Gasteiger partial charge in [-0.1, -0.05) is 37.5 Å². The molecule has 2 aromatic carbocycles. The third kappa shape index (κ3) is 5.52. The Morgan fingerprint density at radius 1 is 1.06 bits per heavy atom.